The van der Waals surface area contributed by atoms with Crippen molar-refractivity contribution >= 4 is 32.7 Å². The predicted octanol–water partition coefficient (Wildman–Crippen LogP) is 6.08. The predicted molar refractivity (Wildman–Crippen MR) is 189 cm³/mol. The fraction of sp³-hybridized carbons (Fsp3) is 0.324. The van der Waals surface area contributed by atoms with Gasteiger partial charge in [-0.3, -0.25) is 9.59 Å². The summed E-state index contributed by atoms with van der Waals surface area (Å²) in [5.74, 6) is -3.28. The van der Waals surface area contributed by atoms with Crippen LogP contribution in [0.4, 0.5) is 8.78 Å². The first-order valence-electron chi connectivity index (χ1n) is 16.5. The van der Waals surface area contributed by atoms with Gasteiger partial charge in [0.15, 0.2) is 21.4 Å². The first-order chi connectivity index (χ1) is 24.3. The summed E-state index contributed by atoms with van der Waals surface area (Å²) < 4.78 is 67.6. The molecule has 2 aromatic heterocycles. The number of carboxylic acid groups (broad SMARTS) is 1. The standard InChI is InChI=1S/C37H40F2N4O7S/c1-4-49-34(46)11-8-23-6-5-7-24(18-23)37(2,13-16-51(47,48)17-15-40-3)32-22-42-36(43-32)28-19-25(9-10-29(28)38)50-35-27(20-33(44)45)26-12-14-41-31(26)21-30(35)39/h5-7,9-10,12,14,18-19,21-22,40-41H,4,8,11,13,15-17,20H2,1-3H3,(H,42,43)(H,44,45). The molecule has 5 rings (SSSR count). The average Bonchev–Trinajstić information content (AvgIpc) is 3.79. The van der Waals surface area contributed by atoms with Crippen molar-refractivity contribution in [3.8, 4) is 22.9 Å². The number of aliphatic carboxylic acids is 1. The van der Waals surface area contributed by atoms with Gasteiger partial charge < -0.3 is 29.9 Å². The molecular weight excluding hydrogens is 682 g/mol. The summed E-state index contributed by atoms with van der Waals surface area (Å²) >= 11 is 0. The van der Waals surface area contributed by atoms with Crippen molar-refractivity contribution < 1.29 is 41.4 Å². The summed E-state index contributed by atoms with van der Waals surface area (Å²) in [6, 6.07) is 14.1. The van der Waals surface area contributed by atoms with E-state index in [-0.39, 0.29) is 65.4 Å². The number of rotatable bonds is 17. The second kappa shape index (κ2) is 15.9. The number of fused-ring (bicyclic) bond motifs is 1. The fourth-order valence-electron chi connectivity index (χ4n) is 5.97. The van der Waals surface area contributed by atoms with Crippen LogP contribution in [0.25, 0.3) is 22.3 Å². The van der Waals surface area contributed by atoms with E-state index in [1.807, 2.05) is 31.2 Å². The topological polar surface area (TPSA) is 163 Å². The fourth-order valence-corrected chi connectivity index (χ4v) is 7.41. The minimum Gasteiger partial charge on any atom is -0.481 e. The third kappa shape index (κ3) is 8.81. The van der Waals surface area contributed by atoms with E-state index in [0.29, 0.717) is 29.6 Å². The maximum absolute atomic E-state index is 15.4. The molecule has 1 atom stereocenters. The van der Waals surface area contributed by atoms with Gasteiger partial charge in [-0.15, -0.1) is 0 Å². The number of aryl methyl sites for hydroxylation is 1. The first kappa shape index (κ1) is 37.2. The van der Waals surface area contributed by atoms with Gasteiger partial charge in [0.2, 0.25) is 0 Å². The number of aromatic nitrogens is 3. The van der Waals surface area contributed by atoms with E-state index in [4.69, 9.17) is 9.47 Å². The second-order valence-corrected chi connectivity index (χ2v) is 14.7. The number of nitrogens with one attached hydrogen (secondary N) is 3. The molecule has 51 heavy (non-hydrogen) atoms. The van der Waals surface area contributed by atoms with Crippen molar-refractivity contribution in [1.82, 2.24) is 20.3 Å². The molecule has 0 bridgehead atoms. The Morgan fingerprint density at radius 3 is 2.61 bits per heavy atom. The molecule has 11 nitrogen and oxygen atoms in total. The van der Waals surface area contributed by atoms with Crippen LogP contribution in [0.2, 0.25) is 0 Å². The number of imidazole rings is 1. The summed E-state index contributed by atoms with van der Waals surface area (Å²) in [6.07, 6.45) is 3.35. The number of carbonyl (C=O) groups excluding carboxylic acids is 1. The number of H-pyrrole nitrogens is 2. The van der Waals surface area contributed by atoms with Crippen molar-refractivity contribution in [2.24, 2.45) is 0 Å². The molecule has 0 saturated carbocycles. The van der Waals surface area contributed by atoms with Crippen LogP contribution in [0.1, 0.15) is 49.1 Å². The number of aromatic amines is 2. The van der Waals surface area contributed by atoms with Crippen LogP contribution in [0.3, 0.4) is 0 Å². The highest BCUT2D eigenvalue weighted by molar-refractivity contribution is 7.91. The van der Waals surface area contributed by atoms with Crippen molar-refractivity contribution in [3.05, 3.63) is 101 Å². The molecule has 0 saturated heterocycles. The number of carboxylic acids is 1. The number of nitrogens with zero attached hydrogens (tertiary/aromatic N) is 1. The normalized spacial score (nSPS) is 12.9. The molecule has 0 spiro atoms. The average molecular weight is 723 g/mol. The Balaban J connectivity index is 1.50. The van der Waals surface area contributed by atoms with Crippen molar-refractivity contribution in [2.45, 2.75) is 44.9 Å². The summed E-state index contributed by atoms with van der Waals surface area (Å²) in [6.45, 7) is 4.20. The Kier molecular flexibility index (Phi) is 11.6. The lowest BCUT2D eigenvalue weighted by Gasteiger charge is -2.30. The van der Waals surface area contributed by atoms with Gasteiger partial charge in [-0.05, 0) is 69.1 Å². The maximum atomic E-state index is 15.4. The maximum Gasteiger partial charge on any atom is 0.307 e. The molecule has 0 aliphatic heterocycles. The third-order valence-electron chi connectivity index (χ3n) is 8.84. The monoisotopic (exact) mass is 722 g/mol. The van der Waals surface area contributed by atoms with Gasteiger partial charge >= 0.3 is 11.9 Å². The van der Waals surface area contributed by atoms with Crippen LogP contribution in [0, 0.1) is 11.6 Å². The smallest absolute Gasteiger partial charge is 0.307 e. The van der Waals surface area contributed by atoms with E-state index in [1.54, 1.807) is 26.2 Å². The lowest BCUT2D eigenvalue weighted by molar-refractivity contribution is -0.143. The Morgan fingerprint density at radius 2 is 1.86 bits per heavy atom. The Hall–Kier alpha value is -5.08. The van der Waals surface area contributed by atoms with Gasteiger partial charge in [0, 0.05) is 59.0 Å². The molecule has 0 aliphatic rings. The second-order valence-electron chi connectivity index (χ2n) is 12.4. The zero-order valence-electron chi connectivity index (χ0n) is 28.5. The lowest BCUT2D eigenvalue weighted by atomic mass is 9.77. The SMILES string of the molecule is CCOC(=O)CCc1cccc(C(C)(CCS(=O)(=O)CCNC)c2cnc(-c3cc(Oc4c(F)cc5[nH]ccc5c4CC(=O)O)ccc3F)[nH]2)c1. The van der Waals surface area contributed by atoms with E-state index in [1.165, 1.54) is 24.4 Å². The number of ether oxygens (including phenoxy) is 2. The third-order valence-corrected chi connectivity index (χ3v) is 10.5. The van der Waals surface area contributed by atoms with Gasteiger partial charge in [0.1, 0.15) is 17.4 Å². The molecule has 14 heteroatoms. The van der Waals surface area contributed by atoms with Gasteiger partial charge in [0.05, 0.1) is 30.1 Å². The molecule has 2 heterocycles. The summed E-state index contributed by atoms with van der Waals surface area (Å²) in [5.41, 5.74) is 1.71. The van der Waals surface area contributed by atoms with Gasteiger partial charge in [0.25, 0.3) is 0 Å². The number of hydrogen-bond donors (Lipinski definition) is 4. The highest BCUT2D eigenvalue weighted by atomic mass is 32.2. The number of sulfone groups is 1. The van der Waals surface area contributed by atoms with E-state index < -0.39 is 39.3 Å². The summed E-state index contributed by atoms with van der Waals surface area (Å²) in [4.78, 5) is 34.2. The quantitative estimate of drug-likeness (QED) is 0.0833. The molecule has 0 fully saturated rings. The Morgan fingerprint density at radius 1 is 1.06 bits per heavy atom. The van der Waals surface area contributed by atoms with E-state index in [2.05, 4.69) is 20.3 Å². The summed E-state index contributed by atoms with van der Waals surface area (Å²) in [5, 5.41) is 12.9. The van der Waals surface area contributed by atoms with Gasteiger partial charge in [-0.25, -0.2) is 22.2 Å². The van der Waals surface area contributed by atoms with Crippen LogP contribution < -0.4 is 10.1 Å². The Bertz CT molecular complexity index is 2150. The highest BCUT2D eigenvalue weighted by Gasteiger charge is 2.33. The largest absolute Gasteiger partial charge is 0.481 e. The van der Waals surface area contributed by atoms with Crippen LogP contribution in [-0.4, -0.2) is 72.1 Å². The molecule has 0 amide bonds. The van der Waals surface area contributed by atoms with Crippen LogP contribution in [0.15, 0.2) is 67.0 Å². The molecule has 4 N–H and O–H groups in total. The first-order valence-corrected chi connectivity index (χ1v) is 18.3. The van der Waals surface area contributed by atoms with Gasteiger partial charge in [-0.2, -0.15) is 0 Å². The molecule has 270 valence electrons. The number of benzene rings is 3. The van der Waals surface area contributed by atoms with Crippen molar-refractivity contribution in [1.29, 1.82) is 0 Å². The van der Waals surface area contributed by atoms with E-state index >= 15 is 8.78 Å². The molecule has 0 aliphatic carbocycles. The van der Waals surface area contributed by atoms with E-state index in [0.717, 1.165) is 17.2 Å². The summed E-state index contributed by atoms with van der Waals surface area (Å²) in [7, 11) is -1.77. The van der Waals surface area contributed by atoms with Crippen LogP contribution in [-0.2, 0) is 42.4 Å². The van der Waals surface area contributed by atoms with Crippen LogP contribution in [0.5, 0.6) is 11.5 Å². The lowest BCUT2D eigenvalue weighted by Crippen LogP contribution is -2.30. The molecular formula is C37H40F2N4O7S. The van der Waals surface area contributed by atoms with Gasteiger partial charge in [-0.1, -0.05) is 24.3 Å². The number of halogens is 2. The number of esters is 1. The molecule has 3 aromatic carbocycles. The molecule has 5 aromatic rings. The Labute approximate surface area is 294 Å². The highest BCUT2D eigenvalue weighted by Crippen LogP contribution is 2.39. The molecule has 1 unspecified atom stereocenters. The zero-order chi connectivity index (χ0) is 36.8. The zero-order valence-corrected chi connectivity index (χ0v) is 29.3. The molecule has 0 radical (unpaired) electrons. The van der Waals surface area contributed by atoms with Crippen LogP contribution >= 0.6 is 0 Å². The van der Waals surface area contributed by atoms with E-state index in [9.17, 15) is 23.1 Å². The van der Waals surface area contributed by atoms with Crippen molar-refractivity contribution in [3.63, 3.8) is 0 Å². The number of carbonyl (C=O) groups is 2. The number of hydrogen-bond acceptors (Lipinski definition) is 8. The minimum atomic E-state index is -3.45. The minimum absolute atomic E-state index is 0.00570. The van der Waals surface area contributed by atoms with Crippen molar-refractivity contribution in [2.75, 3.05) is 31.7 Å².